The van der Waals surface area contributed by atoms with Crippen molar-refractivity contribution in [3.63, 3.8) is 0 Å². The number of ether oxygens (including phenoxy) is 2. The van der Waals surface area contributed by atoms with Crippen molar-refractivity contribution in [3.8, 4) is 5.75 Å². The number of nitrogens with zero attached hydrogens (tertiary/aromatic N) is 1. The smallest absolute Gasteiger partial charge is 0.251 e. The molecule has 1 N–H and O–H groups in total. The first-order valence-corrected chi connectivity index (χ1v) is 11.0. The number of carbonyl (C=O) groups excluding carboxylic acids is 1. The maximum absolute atomic E-state index is 13.1. The van der Waals surface area contributed by atoms with E-state index in [9.17, 15) is 4.79 Å². The first-order chi connectivity index (χ1) is 13.6. The summed E-state index contributed by atoms with van der Waals surface area (Å²) < 4.78 is 12.1. The van der Waals surface area contributed by atoms with E-state index in [4.69, 9.17) is 9.47 Å². The van der Waals surface area contributed by atoms with Crippen molar-refractivity contribution in [2.75, 3.05) is 32.8 Å². The van der Waals surface area contributed by atoms with Gasteiger partial charge in [0, 0.05) is 25.2 Å². The van der Waals surface area contributed by atoms with Gasteiger partial charge in [-0.2, -0.15) is 0 Å². The number of amides is 1. The Balaban J connectivity index is 1.48. The van der Waals surface area contributed by atoms with E-state index in [-0.39, 0.29) is 17.6 Å². The number of hydrogen-bond donors (Lipinski definition) is 1. The summed E-state index contributed by atoms with van der Waals surface area (Å²) in [6, 6.07) is 5.92. The van der Waals surface area contributed by atoms with Crippen LogP contribution in [0, 0.1) is 5.92 Å². The zero-order chi connectivity index (χ0) is 19.6. The molecule has 0 radical (unpaired) electrons. The van der Waals surface area contributed by atoms with Crippen molar-refractivity contribution in [1.29, 1.82) is 0 Å². The molecule has 28 heavy (non-hydrogen) atoms. The minimum Gasteiger partial charge on any atom is -0.493 e. The molecule has 0 aromatic heterocycles. The molecule has 1 saturated carbocycles. The summed E-state index contributed by atoms with van der Waals surface area (Å²) >= 11 is 0. The second kappa shape index (κ2) is 8.42. The predicted molar refractivity (Wildman–Crippen MR) is 110 cm³/mol. The van der Waals surface area contributed by atoms with E-state index in [1.807, 2.05) is 18.2 Å². The number of aryl methyl sites for hydroxylation is 1. The highest BCUT2D eigenvalue weighted by atomic mass is 16.5. The van der Waals surface area contributed by atoms with Crippen molar-refractivity contribution < 1.29 is 14.3 Å². The lowest BCUT2D eigenvalue weighted by Gasteiger charge is -2.50. The van der Waals surface area contributed by atoms with E-state index in [0.29, 0.717) is 5.92 Å². The summed E-state index contributed by atoms with van der Waals surface area (Å²) in [5.74, 6) is 1.59. The molecule has 154 valence electrons. The van der Waals surface area contributed by atoms with Gasteiger partial charge in [0.2, 0.25) is 0 Å². The van der Waals surface area contributed by atoms with Crippen LogP contribution in [0.4, 0.5) is 0 Å². The van der Waals surface area contributed by atoms with E-state index in [1.165, 1.54) is 6.42 Å². The maximum atomic E-state index is 13.1. The Morgan fingerprint density at radius 3 is 3.04 bits per heavy atom. The normalized spacial score (nSPS) is 28.0. The van der Waals surface area contributed by atoms with Crippen molar-refractivity contribution in [2.45, 2.75) is 64.0 Å². The van der Waals surface area contributed by atoms with Gasteiger partial charge in [0.05, 0.1) is 19.3 Å². The summed E-state index contributed by atoms with van der Waals surface area (Å²) in [7, 11) is 0. The predicted octanol–water partition coefficient (Wildman–Crippen LogP) is 3.41. The molecule has 3 aliphatic rings. The highest BCUT2D eigenvalue weighted by Gasteiger charge is 2.45. The lowest BCUT2D eigenvalue weighted by atomic mass is 9.78. The molecule has 2 atom stereocenters. The Bertz CT molecular complexity index is 701. The van der Waals surface area contributed by atoms with Crippen molar-refractivity contribution in [3.05, 3.63) is 29.3 Å². The number of carbonyl (C=O) groups is 1. The molecule has 2 aliphatic heterocycles. The number of fused-ring (bicyclic) bond motifs is 1. The fraction of sp³-hybridized carbons (Fsp3) is 0.696. The molecule has 1 saturated heterocycles. The Kier molecular flexibility index (Phi) is 5.93. The van der Waals surface area contributed by atoms with Crippen LogP contribution in [-0.4, -0.2) is 55.3 Å². The molecular formula is C23H34N2O3. The van der Waals surface area contributed by atoms with Gasteiger partial charge in [-0.15, -0.1) is 0 Å². The van der Waals surface area contributed by atoms with Gasteiger partial charge in [-0.25, -0.2) is 0 Å². The van der Waals surface area contributed by atoms with Crippen LogP contribution in [0.5, 0.6) is 5.75 Å². The first kappa shape index (κ1) is 19.7. The van der Waals surface area contributed by atoms with Gasteiger partial charge in [-0.1, -0.05) is 26.7 Å². The maximum Gasteiger partial charge on any atom is 0.251 e. The fourth-order valence-electron chi connectivity index (χ4n) is 5.07. The van der Waals surface area contributed by atoms with Crippen LogP contribution in [0.25, 0.3) is 0 Å². The molecule has 2 unspecified atom stereocenters. The lowest BCUT2D eigenvalue weighted by molar-refractivity contribution is -0.142. The Morgan fingerprint density at radius 1 is 1.29 bits per heavy atom. The van der Waals surface area contributed by atoms with E-state index >= 15 is 0 Å². The molecule has 1 aliphatic carbocycles. The van der Waals surface area contributed by atoms with Crippen LogP contribution >= 0.6 is 0 Å². The molecule has 2 heterocycles. The van der Waals surface area contributed by atoms with E-state index in [1.54, 1.807) is 0 Å². The van der Waals surface area contributed by atoms with Gasteiger partial charge < -0.3 is 14.8 Å². The van der Waals surface area contributed by atoms with Gasteiger partial charge in [-0.3, -0.25) is 9.69 Å². The number of morpholine rings is 1. The molecular weight excluding hydrogens is 352 g/mol. The number of rotatable bonds is 4. The standard InChI is InChI=1S/C23H34N2O3/c1-17(2)15-25-11-13-28-23(16-25)10-4-3-7-21(23)24-22(26)19-8-9-20-18(14-19)6-5-12-27-20/h8-9,14,17,21H,3-7,10-13,15-16H2,1-2H3,(H,24,26). The Hall–Kier alpha value is -1.59. The average Bonchev–Trinajstić information content (AvgIpc) is 2.69. The third kappa shape index (κ3) is 4.20. The van der Waals surface area contributed by atoms with E-state index < -0.39 is 0 Å². The van der Waals surface area contributed by atoms with Crippen molar-refractivity contribution in [1.82, 2.24) is 10.2 Å². The topological polar surface area (TPSA) is 50.8 Å². The van der Waals surface area contributed by atoms with Crippen LogP contribution in [0.2, 0.25) is 0 Å². The van der Waals surface area contributed by atoms with Crippen LogP contribution in [0.1, 0.15) is 61.9 Å². The van der Waals surface area contributed by atoms with E-state index in [2.05, 4.69) is 24.1 Å². The average molecular weight is 387 g/mol. The summed E-state index contributed by atoms with van der Waals surface area (Å²) in [5, 5.41) is 3.34. The zero-order valence-electron chi connectivity index (χ0n) is 17.3. The molecule has 1 aromatic rings. The van der Waals surface area contributed by atoms with Crippen LogP contribution in [0.3, 0.4) is 0 Å². The first-order valence-electron chi connectivity index (χ1n) is 11.0. The molecule has 1 spiro atoms. The summed E-state index contributed by atoms with van der Waals surface area (Å²) in [4.78, 5) is 15.6. The minimum atomic E-state index is -0.238. The zero-order valence-corrected chi connectivity index (χ0v) is 17.3. The van der Waals surface area contributed by atoms with Crippen molar-refractivity contribution in [2.24, 2.45) is 5.92 Å². The summed E-state index contributed by atoms with van der Waals surface area (Å²) in [6.45, 7) is 9.07. The highest BCUT2D eigenvalue weighted by Crippen LogP contribution is 2.35. The minimum absolute atomic E-state index is 0.0178. The Labute approximate surface area is 168 Å². The monoisotopic (exact) mass is 386 g/mol. The third-order valence-electron chi connectivity index (χ3n) is 6.37. The second-order valence-electron chi connectivity index (χ2n) is 9.09. The van der Waals surface area contributed by atoms with Crippen LogP contribution in [-0.2, 0) is 11.2 Å². The van der Waals surface area contributed by atoms with E-state index in [0.717, 1.165) is 81.8 Å². The number of nitrogens with one attached hydrogen (secondary N) is 1. The SMILES string of the molecule is CC(C)CN1CCOC2(CCCCC2NC(=O)c2ccc3c(c2)CCCO3)C1. The van der Waals surface area contributed by atoms with Gasteiger partial charge in [0.1, 0.15) is 11.4 Å². The largest absolute Gasteiger partial charge is 0.493 e. The van der Waals surface area contributed by atoms with Gasteiger partial charge in [0.15, 0.2) is 0 Å². The molecule has 5 nitrogen and oxygen atoms in total. The number of benzene rings is 1. The quantitative estimate of drug-likeness (QED) is 0.862. The lowest BCUT2D eigenvalue weighted by Crippen LogP contribution is -2.64. The molecule has 1 aromatic carbocycles. The number of hydrogen-bond acceptors (Lipinski definition) is 4. The molecule has 0 bridgehead atoms. The van der Waals surface area contributed by atoms with Crippen LogP contribution < -0.4 is 10.1 Å². The Morgan fingerprint density at radius 2 is 2.18 bits per heavy atom. The molecule has 2 fully saturated rings. The molecule has 1 amide bonds. The van der Waals surface area contributed by atoms with Gasteiger partial charge in [-0.05, 0) is 55.4 Å². The summed E-state index contributed by atoms with van der Waals surface area (Å²) in [6.07, 6.45) is 6.36. The van der Waals surface area contributed by atoms with Crippen molar-refractivity contribution >= 4 is 5.91 Å². The summed E-state index contributed by atoms with van der Waals surface area (Å²) in [5.41, 5.74) is 1.65. The van der Waals surface area contributed by atoms with Crippen LogP contribution in [0.15, 0.2) is 18.2 Å². The molecule has 5 heteroatoms. The highest BCUT2D eigenvalue weighted by molar-refractivity contribution is 5.95. The molecule has 4 rings (SSSR count). The fourth-order valence-corrected chi connectivity index (χ4v) is 5.07. The third-order valence-corrected chi connectivity index (χ3v) is 6.37. The van der Waals surface area contributed by atoms with Gasteiger partial charge >= 0.3 is 0 Å². The second-order valence-corrected chi connectivity index (χ2v) is 9.09. The van der Waals surface area contributed by atoms with Gasteiger partial charge in [0.25, 0.3) is 5.91 Å².